The number of halogens is 1. The normalized spacial score (nSPS) is 18.7. The number of likely N-dealkylation sites (N-methyl/N-ethyl adjacent to an activating group) is 1. The van der Waals surface area contributed by atoms with Crippen molar-refractivity contribution in [2.24, 2.45) is 0 Å². The molecule has 126 valence electrons. The Hall–Kier alpha value is -1.63. The van der Waals surface area contributed by atoms with Gasteiger partial charge in [-0.15, -0.1) is 12.4 Å². The van der Waals surface area contributed by atoms with E-state index in [1.54, 1.807) is 0 Å². The molecule has 1 aromatic heterocycles. The van der Waals surface area contributed by atoms with Gasteiger partial charge in [0.05, 0.1) is 17.7 Å². The number of piperazine rings is 1. The lowest BCUT2D eigenvalue weighted by atomic mass is 10.2. The summed E-state index contributed by atoms with van der Waals surface area (Å²) in [7, 11) is 2.08. The van der Waals surface area contributed by atoms with Crippen LogP contribution in [0.15, 0.2) is 28.8 Å². The molecule has 1 fully saturated rings. The molecule has 1 aliphatic rings. The number of para-hydroxylation sites is 1. The van der Waals surface area contributed by atoms with Gasteiger partial charge in [-0.05, 0) is 33.0 Å². The first kappa shape index (κ1) is 17.7. The molecule has 6 nitrogen and oxygen atoms in total. The van der Waals surface area contributed by atoms with Crippen LogP contribution in [-0.4, -0.2) is 47.8 Å². The first-order valence-corrected chi connectivity index (χ1v) is 7.66. The molecule has 2 aromatic rings. The van der Waals surface area contributed by atoms with Crippen LogP contribution in [0.5, 0.6) is 5.75 Å². The maximum atomic E-state index is 5.83. The van der Waals surface area contributed by atoms with Crippen LogP contribution in [0.2, 0.25) is 0 Å². The molecular formula is C16H23ClN4O2. The predicted octanol–water partition coefficient (Wildman–Crippen LogP) is 2.52. The summed E-state index contributed by atoms with van der Waals surface area (Å²) in [5, 5.41) is 7.53. The van der Waals surface area contributed by atoms with Crippen LogP contribution in [-0.2, 0) is 0 Å². The number of nitrogens with zero attached hydrogens (tertiary/aromatic N) is 3. The third kappa shape index (κ3) is 4.02. The van der Waals surface area contributed by atoms with E-state index in [1.807, 2.05) is 38.1 Å². The van der Waals surface area contributed by atoms with Gasteiger partial charge in [0.15, 0.2) is 5.82 Å². The minimum absolute atomic E-state index is 0. The molecule has 0 radical (unpaired) electrons. The number of rotatable bonds is 4. The van der Waals surface area contributed by atoms with Crippen LogP contribution in [0.3, 0.4) is 0 Å². The fraction of sp³-hybridized carbons (Fsp3) is 0.500. The average Bonchev–Trinajstić information content (AvgIpc) is 2.97. The minimum Gasteiger partial charge on any atom is -0.490 e. The van der Waals surface area contributed by atoms with E-state index in [9.17, 15) is 0 Å². The Morgan fingerprint density at radius 3 is 2.87 bits per heavy atom. The van der Waals surface area contributed by atoms with Gasteiger partial charge in [0.1, 0.15) is 5.75 Å². The van der Waals surface area contributed by atoms with Crippen molar-refractivity contribution in [3.63, 3.8) is 0 Å². The van der Waals surface area contributed by atoms with Crippen molar-refractivity contribution in [2.45, 2.75) is 26.0 Å². The van der Waals surface area contributed by atoms with Gasteiger partial charge in [-0.3, -0.25) is 4.90 Å². The first-order chi connectivity index (χ1) is 10.6. The third-order valence-corrected chi connectivity index (χ3v) is 3.73. The lowest BCUT2D eigenvalue weighted by Crippen LogP contribution is -2.44. The molecule has 2 heterocycles. The highest BCUT2D eigenvalue weighted by Crippen LogP contribution is 2.30. The van der Waals surface area contributed by atoms with Crippen molar-refractivity contribution < 1.29 is 9.26 Å². The largest absolute Gasteiger partial charge is 0.490 e. The van der Waals surface area contributed by atoms with E-state index >= 15 is 0 Å². The maximum Gasteiger partial charge on any atom is 0.261 e. The number of hydrogen-bond acceptors (Lipinski definition) is 6. The number of aromatic nitrogens is 2. The van der Waals surface area contributed by atoms with Crippen molar-refractivity contribution >= 4 is 12.4 Å². The zero-order valence-corrected chi connectivity index (χ0v) is 14.5. The van der Waals surface area contributed by atoms with E-state index in [4.69, 9.17) is 9.26 Å². The van der Waals surface area contributed by atoms with Gasteiger partial charge in [-0.1, -0.05) is 17.3 Å². The maximum absolute atomic E-state index is 5.83. The van der Waals surface area contributed by atoms with Crippen molar-refractivity contribution in [3.8, 4) is 17.2 Å². The molecule has 0 amide bonds. The summed E-state index contributed by atoms with van der Waals surface area (Å²) in [4.78, 5) is 6.82. The van der Waals surface area contributed by atoms with Crippen LogP contribution in [0, 0.1) is 0 Å². The fourth-order valence-corrected chi connectivity index (χ4v) is 2.57. The Kier molecular flexibility index (Phi) is 5.98. The SMILES string of the molecule is CC(C)Oc1ccccc1-c1nc(C2CNCCN2C)no1.Cl. The summed E-state index contributed by atoms with van der Waals surface area (Å²) in [5.74, 6) is 1.98. The molecule has 23 heavy (non-hydrogen) atoms. The summed E-state index contributed by atoms with van der Waals surface area (Å²) in [6.45, 7) is 6.79. The molecule has 0 aliphatic carbocycles. The number of hydrogen-bond donors (Lipinski definition) is 1. The molecule has 1 saturated heterocycles. The van der Waals surface area contributed by atoms with Crippen LogP contribution in [0.4, 0.5) is 0 Å². The van der Waals surface area contributed by atoms with Crippen LogP contribution >= 0.6 is 12.4 Å². The van der Waals surface area contributed by atoms with Crippen LogP contribution < -0.4 is 10.1 Å². The molecule has 0 bridgehead atoms. The first-order valence-electron chi connectivity index (χ1n) is 7.66. The molecule has 1 aromatic carbocycles. The smallest absolute Gasteiger partial charge is 0.261 e. The van der Waals surface area contributed by atoms with E-state index in [0.717, 1.165) is 30.9 Å². The molecule has 0 saturated carbocycles. The second-order valence-corrected chi connectivity index (χ2v) is 5.82. The Balaban J connectivity index is 0.00000192. The van der Waals surface area contributed by atoms with Gasteiger partial charge >= 0.3 is 0 Å². The number of benzene rings is 1. The van der Waals surface area contributed by atoms with Crippen LogP contribution in [0.25, 0.3) is 11.5 Å². The summed E-state index contributed by atoms with van der Waals surface area (Å²) < 4.78 is 11.3. The third-order valence-electron chi connectivity index (χ3n) is 3.73. The fourth-order valence-electron chi connectivity index (χ4n) is 2.57. The summed E-state index contributed by atoms with van der Waals surface area (Å²) >= 11 is 0. The molecule has 1 aliphatic heterocycles. The molecule has 1 atom stereocenters. The van der Waals surface area contributed by atoms with Gasteiger partial charge in [0.25, 0.3) is 5.89 Å². The van der Waals surface area contributed by atoms with E-state index in [1.165, 1.54) is 0 Å². The topological polar surface area (TPSA) is 63.4 Å². The summed E-state index contributed by atoms with van der Waals surface area (Å²) in [5.41, 5.74) is 0.835. The van der Waals surface area contributed by atoms with Gasteiger partial charge in [-0.25, -0.2) is 0 Å². The lowest BCUT2D eigenvalue weighted by molar-refractivity contribution is 0.190. The Morgan fingerprint density at radius 2 is 2.13 bits per heavy atom. The van der Waals surface area contributed by atoms with Gasteiger partial charge < -0.3 is 14.6 Å². The number of nitrogens with one attached hydrogen (secondary N) is 1. The minimum atomic E-state index is 0. The lowest BCUT2D eigenvalue weighted by Gasteiger charge is -2.30. The average molecular weight is 339 g/mol. The van der Waals surface area contributed by atoms with E-state index in [0.29, 0.717) is 11.7 Å². The van der Waals surface area contributed by atoms with Crippen LogP contribution in [0.1, 0.15) is 25.7 Å². The van der Waals surface area contributed by atoms with E-state index in [2.05, 4.69) is 27.4 Å². The number of ether oxygens (including phenoxy) is 1. The molecule has 3 rings (SSSR count). The summed E-state index contributed by atoms with van der Waals surface area (Å²) in [6, 6.07) is 7.90. The molecule has 1 N–H and O–H groups in total. The molecule has 7 heteroatoms. The second-order valence-electron chi connectivity index (χ2n) is 5.82. The van der Waals surface area contributed by atoms with Gasteiger partial charge in [0, 0.05) is 19.6 Å². The van der Waals surface area contributed by atoms with Crippen molar-refractivity contribution in [1.29, 1.82) is 0 Å². The standard InChI is InChI=1S/C16H22N4O2.ClH/c1-11(2)21-14-7-5-4-6-12(14)16-18-15(19-22-16)13-10-17-8-9-20(13)3;/h4-7,11,13,17H,8-10H2,1-3H3;1H. The molecule has 1 unspecified atom stereocenters. The van der Waals surface area contributed by atoms with E-state index in [-0.39, 0.29) is 24.6 Å². The van der Waals surface area contributed by atoms with Crippen molar-refractivity contribution in [3.05, 3.63) is 30.1 Å². The molecular weight excluding hydrogens is 316 g/mol. The Bertz CT molecular complexity index is 632. The molecule has 0 spiro atoms. The second kappa shape index (κ2) is 7.77. The van der Waals surface area contributed by atoms with Gasteiger partial charge in [-0.2, -0.15) is 4.98 Å². The highest BCUT2D eigenvalue weighted by atomic mass is 35.5. The monoisotopic (exact) mass is 338 g/mol. The van der Waals surface area contributed by atoms with Gasteiger partial charge in [0.2, 0.25) is 0 Å². The zero-order valence-electron chi connectivity index (χ0n) is 13.7. The Morgan fingerprint density at radius 1 is 1.35 bits per heavy atom. The quantitative estimate of drug-likeness (QED) is 0.924. The van der Waals surface area contributed by atoms with E-state index < -0.39 is 0 Å². The highest BCUT2D eigenvalue weighted by molar-refractivity contribution is 5.85. The Labute approximate surface area is 142 Å². The summed E-state index contributed by atoms with van der Waals surface area (Å²) in [6.07, 6.45) is 0.0946. The van der Waals surface area contributed by atoms with Crippen molar-refractivity contribution in [1.82, 2.24) is 20.4 Å². The predicted molar refractivity (Wildman–Crippen MR) is 91.0 cm³/mol. The van der Waals surface area contributed by atoms with Crippen molar-refractivity contribution in [2.75, 3.05) is 26.7 Å². The highest BCUT2D eigenvalue weighted by Gasteiger charge is 2.26. The zero-order chi connectivity index (χ0) is 15.5.